The molecule has 0 unspecified atom stereocenters. The first-order chi connectivity index (χ1) is 15.9. The minimum absolute atomic E-state index is 0.0244. The van der Waals surface area contributed by atoms with Gasteiger partial charge in [0.05, 0.1) is 0 Å². The molecule has 10 nitrogen and oxygen atoms in total. The highest BCUT2D eigenvalue weighted by molar-refractivity contribution is 6.01. The summed E-state index contributed by atoms with van der Waals surface area (Å²) in [5, 5.41) is 5.25. The molecule has 4 amide bonds. The third kappa shape index (κ3) is 7.17. The van der Waals surface area contributed by atoms with Crippen LogP contribution in [0.3, 0.4) is 0 Å². The number of benzene rings is 2. The van der Waals surface area contributed by atoms with Gasteiger partial charge in [0.15, 0.2) is 0 Å². The van der Waals surface area contributed by atoms with E-state index in [1.54, 1.807) is 36.4 Å². The number of alkyl carbamates (subject to hydrolysis) is 1. The molecule has 0 radical (unpaired) electrons. The molecule has 10 heteroatoms. The van der Waals surface area contributed by atoms with Crippen LogP contribution >= 0.6 is 0 Å². The van der Waals surface area contributed by atoms with E-state index in [4.69, 9.17) is 9.57 Å². The van der Waals surface area contributed by atoms with Crippen molar-refractivity contribution in [3.63, 3.8) is 0 Å². The molecule has 1 atom stereocenters. The van der Waals surface area contributed by atoms with Crippen LogP contribution < -0.4 is 10.6 Å². The fourth-order valence-corrected chi connectivity index (χ4v) is 3.04. The smallest absolute Gasteiger partial charge is 0.408 e. The van der Waals surface area contributed by atoms with E-state index in [1.165, 1.54) is 0 Å². The van der Waals surface area contributed by atoms with Crippen molar-refractivity contribution in [1.29, 1.82) is 0 Å². The van der Waals surface area contributed by atoms with E-state index in [2.05, 4.69) is 10.6 Å². The fourth-order valence-electron chi connectivity index (χ4n) is 3.04. The van der Waals surface area contributed by atoms with Crippen LogP contribution in [-0.4, -0.2) is 47.4 Å². The molecule has 1 saturated heterocycles. The van der Waals surface area contributed by atoms with Gasteiger partial charge in [0, 0.05) is 19.3 Å². The van der Waals surface area contributed by atoms with E-state index >= 15 is 0 Å². The first-order valence-corrected chi connectivity index (χ1v) is 10.3. The Hall–Kier alpha value is -4.21. The minimum atomic E-state index is -1.04. The van der Waals surface area contributed by atoms with Crippen LogP contribution in [0.5, 0.6) is 0 Å². The molecule has 1 heterocycles. The molecule has 3 rings (SSSR count). The summed E-state index contributed by atoms with van der Waals surface area (Å²) in [6.07, 6.45) is -0.726. The van der Waals surface area contributed by atoms with Crippen molar-refractivity contribution in [3.8, 4) is 0 Å². The Morgan fingerprint density at radius 1 is 0.879 bits per heavy atom. The van der Waals surface area contributed by atoms with Crippen molar-refractivity contribution in [1.82, 2.24) is 15.7 Å². The molecule has 33 heavy (non-hydrogen) atoms. The van der Waals surface area contributed by atoms with Gasteiger partial charge in [0.25, 0.3) is 11.8 Å². The lowest BCUT2D eigenvalue weighted by atomic mass is 10.1. The summed E-state index contributed by atoms with van der Waals surface area (Å²) >= 11 is 0. The lowest BCUT2D eigenvalue weighted by Gasteiger charge is -2.19. The Morgan fingerprint density at radius 3 is 2.06 bits per heavy atom. The number of nitrogens with zero attached hydrogens (tertiary/aromatic N) is 1. The van der Waals surface area contributed by atoms with E-state index in [-0.39, 0.29) is 25.9 Å². The Labute approximate surface area is 189 Å². The summed E-state index contributed by atoms with van der Waals surface area (Å²) in [5.41, 5.74) is 1.56. The number of amides is 4. The normalized spacial score (nSPS) is 13.9. The monoisotopic (exact) mass is 453 g/mol. The van der Waals surface area contributed by atoms with Crippen LogP contribution in [0.15, 0.2) is 60.7 Å². The van der Waals surface area contributed by atoms with Gasteiger partial charge in [-0.2, -0.15) is 0 Å². The topological polar surface area (TPSA) is 131 Å². The van der Waals surface area contributed by atoms with E-state index in [1.807, 2.05) is 24.3 Å². The number of rotatable bonds is 9. The summed E-state index contributed by atoms with van der Waals surface area (Å²) in [5.74, 6) is -2.89. The van der Waals surface area contributed by atoms with Crippen molar-refractivity contribution in [2.45, 2.75) is 31.9 Å². The highest BCUT2D eigenvalue weighted by atomic mass is 16.7. The van der Waals surface area contributed by atoms with Gasteiger partial charge in [-0.05, 0) is 11.1 Å². The van der Waals surface area contributed by atoms with Crippen LogP contribution in [-0.2, 0) is 41.8 Å². The van der Waals surface area contributed by atoms with Crippen molar-refractivity contribution < 1.29 is 33.5 Å². The summed E-state index contributed by atoms with van der Waals surface area (Å²) in [4.78, 5) is 64.7. The molecule has 1 aliphatic rings. The average Bonchev–Trinajstić information content (AvgIpc) is 3.14. The Bertz CT molecular complexity index is 995. The third-order valence-corrected chi connectivity index (χ3v) is 4.71. The molecular weight excluding hydrogens is 430 g/mol. The highest BCUT2D eigenvalue weighted by Crippen LogP contribution is 2.12. The standard InChI is InChI=1S/C23H23N3O7/c27-19-11-12-20(28)26(19)33-21(29)14-24-22(30)18(13-16-7-3-1-4-8-16)25-23(31)32-15-17-9-5-2-6-10-17/h1-10,18H,11-15H2,(H,24,30)(H,25,31)/t18-/m1/s1. The van der Waals surface area contributed by atoms with Gasteiger partial charge in [-0.25, -0.2) is 9.59 Å². The maximum atomic E-state index is 12.7. The molecule has 1 fully saturated rings. The maximum Gasteiger partial charge on any atom is 0.408 e. The maximum absolute atomic E-state index is 12.7. The molecule has 0 aliphatic carbocycles. The molecule has 0 saturated carbocycles. The van der Waals surface area contributed by atoms with Gasteiger partial charge < -0.3 is 20.2 Å². The van der Waals surface area contributed by atoms with Crippen molar-refractivity contribution in [2.75, 3.05) is 6.54 Å². The van der Waals surface area contributed by atoms with Gasteiger partial charge in [0.2, 0.25) is 5.91 Å². The molecule has 2 aromatic carbocycles. The predicted octanol–water partition coefficient (Wildman–Crippen LogP) is 1.25. The summed E-state index contributed by atoms with van der Waals surface area (Å²) < 4.78 is 5.18. The Kier molecular flexibility index (Phi) is 8.12. The van der Waals surface area contributed by atoms with E-state index in [0.717, 1.165) is 11.1 Å². The first-order valence-electron chi connectivity index (χ1n) is 10.3. The minimum Gasteiger partial charge on any atom is -0.445 e. The summed E-state index contributed by atoms with van der Waals surface area (Å²) in [6.45, 7) is -0.571. The number of ether oxygens (including phenoxy) is 1. The van der Waals surface area contributed by atoms with Crippen LogP contribution in [0.25, 0.3) is 0 Å². The molecule has 0 spiro atoms. The SMILES string of the molecule is O=C(CNC(=O)[C@@H](Cc1ccccc1)NC(=O)OCc1ccccc1)ON1C(=O)CCC1=O. The second-order valence-electron chi connectivity index (χ2n) is 7.21. The molecule has 172 valence electrons. The Morgan fingerprint density at radius 2 is 1.45 bits per heavy atom. The molecule has 2 N–H and O–H groups in total. The van der Waals surface area contributed by atoms with Gasteiger partial charge in [-0.3, -0.25) is 14.4 Å². The van der Waals surface area contributed by atoms with Crippen LogP contribution in [0, 0.1) is 0 Å². The lowest BCUT2D eigenvalue weighted by Crippen LogP contribution is -2.49. The first kappa shape index (κ1) is 23.5. The largest absolute Gasteiger partial charge is 0.445 e. The number of nitrogens with one attached hydrogen (secondary N) is 2. The number of carbonyl (C=O) groups is 5. The van der Waals surface area contributed by atoms with Crippen LogP contribution in [0.4, 0.5) is 4.79 Å². The fraction of sp³-hybridized carbons (Fsp3) is 0.261. The molecule has 0 bridgehead atoms. The van der Waals surface area contributed by atoms with Crippen molar-refractivity contribution in [3.05, 3.63) is 71.8 Å². The van der Waals surface area contributed by atoms with Crippen LogP contribution in [0.1, 0.15) is 24.0 Å². The zero-order chi connectivity index (χ0) is 23.6. The predicted molar refractivity (Wildman–Crippen MR) is 114 cm³/mol. The molecule has 1 aliphatic heterocycles. The molecule has 0 aromatic heterocycles. The van der Waals surface area contributed by atoms with E-state index < -0.39 is 42.4 Å². The lowest BCUT2D eigenvalue weighted by molar-refractivity contribution is -0.196. The Balaban J connectivity index is 1.56. The van der Waals surface area contributed by atoms with Crippen LogP contribution in [0.2, 0.25) is 0 Å². The van der Waals surface area contributed by atoms with Gasteiger partial charge >= 0.3 is 12.1 Å². The van der Waals surface area contributed by atoms with Crippen molar-refractivity contribution >= 4 is 29.8 Å². The van der Waals surface area contributed by atoms with Crippen molar-refractivity contribution in [2.24, 2.45) is 0 Å². The van der Waals surface area contributed by atoms with Gasteiger partial charge in [-0.15, -0.1) is 5.06 Å². The summed E-state index contributed by atoms with van der Waals surface area (Å²) in [6, 6.07) is 17.0. The van der Waals surface area contributed by atoms with Gasteiger partial charge in [0.1, 0.15) is 19.2 Å². The van der Waals surface area contributed by atoms with Gasteiger partial charge in [-0.1, -0.05) is 60.7 Å². The third-order valence-electron chi connectivity index (χ3n) is 4.71. The molecular formula is C23H23N3O7. The second kappa shape index (κ2) is 11.4. The quantitative estimate of drug-likeness (QED) is 0.546. The number of imide groups is 1. The highest BCUT2D eigenvalue weighted by Gasteiger charge is 2.33. The zero-order valence-corrected chi connectivity index (χ0v) is 17.7. The summed E-state index contributed by atoms with van der Waals surface area (Å²) in [7, 11) is 0. The van der Waals surface area contributed by atoms with E-state index in [9.17, 15) is 24.0 Å². The number of hydrogen-bond acceptors (Lipinski definition) is 7. The number of hydroxylamine groups is 2. The molecule has 2 aromatic rings. The second-order valence-corrected chi connectivity index (χ2v) is 7.21. The zero-order valence-electron chi connectivity index (χ0n) is 17.7. The number of hydrogen-bond donors (Lipinski definition) is 2. The number of carbonyl (C=O) groups excluding carboxylic acids is 5. The average molecular weight is 453 g/mol. The van der Waals surface area contributed by atoms with E-state index in [0.29, 0.717) is 5.06 Å².